The van der Waals surface area contributed by atoms with Crippen LogP contribution in [-0.4, -0.2) is 0 Å². The highest BCUT2D eigenvalue weighted by Crippen LogP contribution is 2.57. The van der Waals surface area contributed by atoms with Crippen molar-refractivity contribution < 1.29 is 8.83 Å². The van der Waals surface area contributed by atoms with Crippen LogP contribution < -0.4 is 4.90 Å². The smallest absolute Gasteiger partial charge is 0.143 e. The second-order valence-corrected chi connectivity index (χ2v) is 19.3. The zero-order valence-corrected chi connectivity index (χ0v) is 35.8. The lowest BCUT2D eigenvalue weighted by Crippen LogP contribution is -2.21. The van der Waals surface area contributed by atoms with Crippen LogP contribution in [0.15, 0.2) is 167 Å². The highest BCUT2D eigenvalue weighted by atomic mass is 16.3. The molecule has 0 atom stereocenters. The molecule has 2 aromatic heterocycles. The lowest BCUT2D eigenvalue weighted by atomic mass is 9.80. The Hall–Kier alpha value is -6.84. The first-order chi connectivity index (χ1) is 29.4. The summed E-state index contributed by atoms with van der Waals surface area (Å²) in [6, 6.07) is 58.0. The summed E-state index contributed by atoms with van der Waals surface area (Å²) in [5.74, 6) is 0. The minimum atomic E-state index is -0.304. The maximum Gasteiger partial charge on any atom is 0.143 e. The Bertz CT molecular complexity index is 3460. The fraction of sp³-hybridized carbons (Fsp3) is 0.172. The number of nitrogens with zero attached hydrogens (tertiary/aromatic N) is 1. The molecule has 2 aliphatic rings. The third kappa shape index (κ3) is 5.04. The van der Waals surface area contributed by atoms with Crippen molar-refractivity contribution in [1.29, 1.82) is 0 Å². The Labute approximate surface area is 356 Å². The van der Waals surface area contributed by atoms with Gasteiger partial charge < -0.3 is 13.7 Å². The molecule has 10 aromatic rings. The minimum absolute atomic E-state index is 0.0329. The number of benzene rings is 8. The summed E-state index contributed by atoms with van der Waals surface area (Å²) < 4.78 is 13.3. The molecule has 2 heterocycles. The van der Waals surface area contributed by atoms with Crippen molar-refractivity contribution in [2.45, 2.75) is 64.7 Å². The van der Waals surface area contributed by atoms with Crippen LogP contribution in [0, 0.1) is 0 Å². The molecule has 0 radical (unpaired) electrons. The molecule has 0 unspecified atom stereocenters. The SMILES string of the molecule is CC(C)(C)c1cccc2c1oc1cc3c(cc12)C(C)(C)c1c-3cccc1N(c1ccc(-c2cccc3c2oc2ccccc23)cc1)c1ccc2c(c1)C(C)(C)c1ccccc1-2. The molecule has 296 valence electrons. The van der Waals surface area contributed by atoms with Crippen LogP contribution in [0.25, 0.3) is 77.3 Å². The molecular formula is C58H47NO2. The van der Waals surface area contributed by atoms with Gasteiger partial charge in [-0.25, -0.2) is 0 Å². The Kier molecular flexibility index (Phi) is 7.31. The molecule has 0 bridgehead atoms. The molecule has 2 aliphatic carbocycles. The van der Waals surface area contributed by atoms with Gasteiger partial charge in [-0.3, -0.25) is 0 Å². The molecule has 61 heavy (non-hydrogen) atoms. The summed E-state index contributed by atoms with van der Waals surface area (Å²) in [6.07, 6.45) is 0. The monoisotopic (exact) mass is 789 g/mol. The number of hydrogen-bond donors (Lipinski definition) is 0. The summed E-state index contributed by atoms with van der Waals surface area (Å²) in [4.78, 5) is 2.49. The zero-order chi connectivity index (χ0) is 41.6. The van der Waals surface area contributed by atoms with E-state index in [0.29, 0.717) is 0 Å². The molecule has 8 aromatic carbocycles. The first-order valence-corrected chi connectivity index (χ1v) is 21.6. The van der Waals surface area contributed by atoms with E-state index in [1.54, 1.807) is 0 Å². The molecule has 12 rings (SSSR count). The Morgan fingerprint density at radius 1 is 0.426 bits per heavy atom. The quantitative estimate of drug-likeness (QED) is 0.178. The summed E-state index contributed by atoms with van der Waals surface area (Å²) in [6.45, 7) is 16.3. The van der Waals surface area contributed by atoms with Crippen molar-refractivity contribution >= 4 is 60.9 Å². The van der Waals surface area contributed by atoms with E-state index in [9.17, 15) is 0 Å². The first-order valence-electron chi connectivity index (χ1n) is 21.6. The van der Waals surface area contributed by atoms with Crippen LogP contribution in [0.4, 0.5) is 17.1 Å². The highest BCUT2D eigenvalue weighted by molar-refractivity contribution is 6.10. The van der Waals surface area contributed by atoms with Crippen LogP contribution in [-0.2, 0) is 16.2 Å². The highest BCUT2D eigenvalue weighted by Gasteiger charge is 2.41. The Morgan fingerprint density at radius 3 is 1.87 bits per heavy atom. The van der Waals surface area contributed by atoms with E-state index in [0.717, 1.165) is 55.6 Å². The van der Waals surface area contributed by atoms with Gasteiger partial charge in [0.05, 0.1) is 5.69 Å². The van der Waals surface area contributed by atoms with E-state index in [-0.39, 0.29) is 16.2 Å². The Morgan fingerprint density at radius 2 is 1.05 bits per heavy atom. The molecule has 0 N–H and O–H groups in total. The summed E-state index contributed by atoms with van der Waals surface area (Å²) in [5, 5.41) is 4.63. The Balaban J connectivity index is 1.05. The predicted octanol–water partition coefficient (Wildman–Crippen LogP) is 16.5. The predicted molar refractivity (Wildman–Crippen MR) is 255 cm³/mol. The van der Waals surface area contributed by atoms with Gasteiger partial charge >= 0.3 is 0 Å². The molecule has 0 aliphatic heterocycles. The van der Waals surface area contributed by atoms with E-state index in [1.165, 1.54) is 66.5 Å². The van der Waals surface area contributed by atoms with Crippen molar-refractivity contribution in [2.24, 2.45) is 0 Å². The van der Waals surface area contributed by atoms with Gasteiger partial charge in [0.25, 0.3) is 0 Å². The number of fused-ring (bicyclic) bond motifs is 12. The number of furan rings is 2. The van der Waals surface area contributed by atoms with E-state index in [1.807, 2.05) is 6.07 Å². The van der Waals surface area contributed by atoms with Gasteiger partial charge in [-0.05, 0) is 104 Å². The average Bonchev–Trinajstić information content (AvgIpc) is 3.95. The van der Waals surface area contributed by atoms with Crippen molar-refractivity contribution in [2.75, 3.05) is 4.90 Å². The third-order valence-corrected chi connectivity index (χ3v) is 14.0. The van der Waals surface area contributed by atoms with Gasteiger partial charge in [0.2, 0.25) is 0 Å². The second-order valence-electron chi connectivity index (χ2n) is 19.3. The normalized spacial score (nSPS) is 14.7. The number of para-hydroxylation sites is 3. The van der Waals surface area contributed by atoms with Gasteiger partial charge in [-0.15, -0.1) is 0 Å². The lowest BCUT2D eigenvalue weighted by molar-refractivity contribution is 0.573. The fourth-order valence-corrected chi connectivity index (χ4v) is 10.9. The van der Waals surface area contributed by atoms with Crippen molar-refractivity contribution in [3.8, 4) is 33.4 Å². The van der Waals surface area contributed by atoms with Crippen LogP contribution in [0.2, 0.25) is 0 Å². The molecule has 0 saturated carbocycles. The third-order valence-electron chi connectivity index (χ3n) is 14.0. The van der Waals surface area contributed by atoms with E-state index >= 15 is 0 Å². The number of anilines is 3. The van der Waals surface area contributed by atoms with Crippen LogP contribution in [0.3, 0.4) is 0 Å². The molecule has 0 fully saturated rings. The fourth-order valence-electron chi connectivity index (χ4n) is 10.9. The summed E-state index contributed by atoms with van der Waals surface area (Å²) in [5.41, 5.74) is 20.6. The van der Waals surface area contributed by atoms with Gasteiger partial charge in [0, 0.05) is 54.9 Å². The maximum absolute atomic E-state index is 6.80. The van der Waals surface area contributed by atoms with E-state index in [2.05, 4.69) is 205 Å². The van der Waals surface area contributed by atoms with Gasteiger partial charge in [0.15, 0.2) is 0 Å². The van der Waals surface area contributed by atoms with Crippen molar-refractivity contribution in [1.82, 2.24) is 0 Å². The zero-order valence-electron chi connectivity index (χ0n) is 35.8. The molecule has 0 saturated heterocycles. The minimum Gasteiger partial charge on any atom is -0.456 e. The lowest BCUT2D eigenvalue weighted by Gasteiger charge is -2.33. The summed E-state index contributed by atoms with van der Waals surface area (Å²) in [7, 11) is 0. The largest absolute Gasteiger partial charge is 0.456 e. The van der Waals surface area contributed by atoms with Gasteiger partial charge in [-0.1, -0.05) is 158 Å². The van der Waals surface area contributed by atoms with E-state index < -0.39 is 0 Å². The van der Waals surface area contributed by atoms with Crippen molar-refractivity contribution in [3.63, 3.8) is 0 Å². The molecular weight excluding hydrogens is 743 g/mol. The molecule has 0 spiro atoms. The van der Waals surface area contributed by atoms with Crippen LogP contribution in [0.1, 0.15) is 76.3 Å². The molecule has 0 amide bonds. The maximum atomic E-state index is 6.80. The molecule has 3 heteroatoms. The number of hydrogen-bond acceptors (Lipinski definition) is 3. The van der Waals surface area contributed by atoms with Crippen LogP contribution >= 0.6 is 0 Å². The molecule has 3 nitrogen and oxygen atoms in total. The first kappa shape index (κ1) is 36.0. The summed E-state index contributed by atoms with van der Waals surface area (Å²) >= 11 is 0. The van der Waals surface area contributed by atoms with Crippen molar-refractivity contribution in [3.05, 3.63) is 186 Å². The number of rotatable bonds is 4. The van der Waals surface area contributed by atoms with E-state index in [4.69, 9.17) is 8.83 Å². The average molecular weight is 790 g/mol. The van der Waals surface area contributed by atoms with Gasteiger partial charge in [-0.2, -0.15) is 0 Å². The standard InChI is InChI=1S/C58H47NO2/c1-56(2,3)47-22-13-20-43-45-32-49-44(33-52(45)61-55(43)47)41-18-14-23-50(53(41)58(49,6)7)59(36-29-30-39-38-15-8-10-21-46(38)57(4,5)48(39)31-36)35-27-25-34(26-28-35)37-17-12-19-42-40-16-9-11-24-51(40)60-54(37)42/h8-33H,1-7H3. The van der Waals surface area contributed by atoms with Crippen LogP contribution in [0.5, 0.6) is 0 Å². The second kappa shape index (κ2) is 12.4. The van der Waals surface area contributed by atoms with Gasteiger partial charge in [0.1, 0.15) is 22.3 Å². The topological polar surface area (TPSA) is 29.5 Å².